The molecule has 0 aromatic carbocycles. The van der Waals surface area contributed by atoms with Gasteiger partial charge in [0.25, 0.3) is 0 Å². The van der Waals surface area contributed by atoms with Crippen LogP contribution in [-0.4, -0.2) is 37.0 Å². The van der Waals surface area contributed by atoms with Crippen molar-refractivity contribution in [1.29, 1.82) is 0 Å². The number of piperidine rings is 1. The highest BCUT2D eigenvalue weighted by Gasteiger charge is 2.31. The zero-order valence-electron chi connectivity index (χ0n) is 11.9. The second-order valence-corrected chi connectivity index (χ2v) is 7.12. The molecule has 2 atom stereocenters. The monoisotopic (exact) mass is 315 g/mol. The second-order valence-electron chi connectivity index (χ2n) is 5.37. The van der Waals surface area contributed by atoms with Crippen molar-refractivity contribution >= 4 is 28.8 Å². The summed E-state index contributed by atoms with van der Waals surface area (Å²) in [6.07, 6.45) is 1.78. The molecule has 1 aromatic rings. The van der Waals surface area contributed by atoms with Gasteiger partial charge < -0.3 is 11.1 Å². The maximum Gasteiger partial charge on any atom is 0.222 e. The molecule has 4 nitrogen and oxygen atoms in total. The number of nitrogens with zero attached hydrogens (tertiary/aromatic N) is 1. The number of hydrogen-bond donors (Lipinski definition) is 2. The van der Waals surface area contributed by atoms with Crippen molar-refractivity contribution in [1.82, 2.24) is 10.2 Å². The van der Waals surface area contributed by atoms with Crippen LogP contribution in [0.15, 0.2) is 12.1 Å². The Labute approximate surface area is 129 Å². The lowest BCUT2D eigenvalue weighted by molar-refractivity contribution is -0.126. The van der Waals surface area contributed by atoms with Crippen LogP contribution in [0.3, 0.4) is 0 Å². The van der Waals surface area contributed by atoms with E-state index in [0.29, 0.717) is 0 Å². The highest BCUT2D eigenvalue weighted by atomic mass is 35.5. The quantitative estimate of drug-likeness (QED) is 0.896. The van der Waals surface area contributed by atoms with E-state index in [2.05, 4.69) is 16.3 Å². The molecule has 2 rings (SSSR count). The third kappa shape index (κ3) is 3.52. The Bertz CT molecular complexity index is 455. The number of nitrogens with two attached hydrogens (primary N) is 1. The van der Waals surface area contributed by atoms with Crippen LogP contribution in [0.25, 0.3) is 0 Å². The summed E-state index contributed by atoms with van der Waals surface area (Å²) in [7, 11) is 1.70. The fraction of sp³-hybridized carbons (Fsp3) is 0.643. The van der Waals surface area contributed by atoms with Gasteiger partial charge >= 0.3 is 0 Å². The first kappa shape index (κ1) is 15.8. The molecule has 2 unspecified atom stereocenters. The molecule has 1 fully saturated rings. The van der Waals surface area contributed by atoms with Gasteiger partial charge in [0, 0.05) is 23.9 Å². The fourth-order valence-electron chi connectivity index (χ4n) is 2.90. The topological polar surface area (TPSA) is 58.4 Å². The van der Waals surface area contributed by atoms with Gasteiger partial charge in [-0.15, -0.1) is 11.3 Å². The Balaban J connectivity index is 2.04. The molecule has 6 heteroatoms. The van der Waals surface area contributed by atoms with E-state index in [1.165, 1.54) is 4.88 Å². The van der Waals surface area contributed by atoms with Crippen LogP contribution >= 0.6 is 22.9 Å². The number of likely N-dealkylation sites (tertiary alicyclic amines) is 1. The van der Waals surface area contributed by atoms with Crippen molar-refractivity contribution in [3.05, 3.63) is 21.3 Å². The SMILES string of the molecule is CNC(=O)C1CCN(C(c2ccc(Cl)s2)C(C)N)CC1. The van der Waals surface area contributed by atoms with Crippen LogP contribution in [0.5, 0.6) is 0 Å². The van der Waals surface area contributed by atoms with Gasteiger partial charge in [-0.3, -0.25) is 9.69 Å². The summed E-state index contributed by atoms with van der Waals surface area (Å²) in [6.45, 7) is 3.84. The predicted octanol–water partition coefficient (Wildman–Crippen LogP) is 2.25. The number of rotatable bonds is 4. The summed E-state index contributed by atoms with van der Waals surface area (Å²) < 4.78 is 0.797. The highest BCUT2D eigenvalue weighted by molar-refractivity contribution is 7.16. The maximum atomic E-state index is 11.7. The molecule has 20 heavy (non-hydrogen) atoms. The molecule has 112 valence electrons. The zero-order valence-corrected chi connectivity index (χ0v) is 13.5. The number of carbonyl (C=O) groups excluding carboxylic acids is 1. The molecule has 1 amide bonds. The van der Waals surface area contributed by atoms with Crippen LogP contribution < -0.4 is 11.1 Å². The third-order valence-corrected chi connectivity index (χ3v) is 5.23. The smallest absolute Gasteiger partial charge is 0.222 e. The van der Waals surface area contributed by atoms with Gasteiger partial charge in [0.15, 0.2) is 0 Å². The van der Waals surface area contributed by atoms with Crippen molar-refractivity contribution in [2.75, 3.05) is 20.1 Å². The average molecular weight is 316 g/mol. The standard InChI is InChI=1S/C14H22ClN3OS/c1-9(16)13(11-3-4-12(15)20-11)18-7-5-10(6-8-18)14(19)17-2/h3-4,9-10,13H,5-8,16H2,1-2H3,(H,17,19). The van der Waals surface area contributed by atoms with Crippen LogP contribution in [0.4, 0.5) is 0 Å². The number of halogens is 1. The molecule has 2 heterocycles. The maximum absolute atomic E-state index is 11.7. The number of amides is 1. The molecule has 0 saturated carbocycles. The van der Waals surface area contributed by atoms with Crippen LogP contribution in [0.2, 0.25) is 4.34 Å². The minimum atomic E-state index is 0.0428. The van der Waals surface area contributed by atoms with E-state index in [1.807, 2.05) is 13.0 Å². The van der Waals surface area contributed by atoms with Gasteiger partial charge in [0.05, 0.1) is 10.4 Å². The summed E-state index contributed by atoms with van der Waals surface area (Å²) in [6, 6.07) is 4.22. The van der Waals surface area contributed by atoms with E-state index in [1.54, 1.807) is 18.4 Å². The van der Waals surface area contributed by atoms with Crippen LogP contribution in [0.1, 0.15) is 30.7 Å². The minimum Gasteiger partial charge on any atom is -0.359 e. The predicted molar refractivity (Wildman–Crippen MR) is 84.1 cm³/mol. The Morgan fingerprint density at radius 2 is 2.15 bits per heavy atom. The normalized spacial score (nSPS) is 20.6. The molecular weight excluding hydrogens is 294 g/mol. The summed E-state index contributed by atoms with van der Waals surface area (Å²) in [5.41, 5.74) is 6.17. The Hall–Kier alpha value is -0.620. The largest absolute Gasteiger partial charge is 0.359 e. The first-order valence-electron chi connectivity index (χ1n) is 6.99. The Morgan fingerprint density at radius 3 is 2.60 bits per heavy atom. The van der Waals surface area contributed by atoms with E-state index < -0.39 is 0 Å². The first-order valence-corrected chi connectivity index (χ1v) is 8.19. The number of hydrogen-bond acceptors (Lipinski definition) is 4. The van der Waals surface area contributed by atoms with Gasteiger partial charge in [0.1, 0.15) is 0 Å². The molecule has 0 spiro atoms. The van der Waals surface area contributed by atoms with Crippen LogP contribution in [-0.2, 0) is 4.79 Å². The zero-order chi connectivity index (χ0) is 14.7. The number of thiophene rings is 1. The van der Waals surface area contributed by atoms with Gasteiger partial charge in [0.2, 0.25) is 5.91 Å². The fourth-order valence-corrected chi connectivity index (χ4v) is 4.21. The van der Waals surface area contributed by atoms with Crippen molar-refractivity contribution in [3.8, 4) is 0 Å². The van der Waals surface area contributed by atoms with E-state index in [9.17, 15) is 4.79 Å². The average Bonchev–Trinajstić information content (AvgIpc) is 2.85. The highest BCUT2D eigenvalue weighted by Crippen LogP contribution is 2.34. The summed E-state index contributed by atoms with van der Waals surface area (Å²) in [4.78, 5) is 15.3. The molecule has 1 aliphatic rings. The molecule has 1 aromatic heterocycles. The van der Waals surface area contributed by atoms with Crippen molar-refractivity contribution in [2.45, 2.75) is 31.8 Å². The molecule has 1 aliphatic heterocycles. The second kappa shape index (κ2) is 6.89. The molecule has 0 bridgehead atoms. The Morgan fingerprint density at radius 1 is 1.50 bits per heavy atom. The Kier molecular flexibility index (Phi) is 5.43. The summed E-state index contributed by atoms with van der Waals surface area (Å²) in [5.74, 6) is 0.290. The van der Waals surface area contributed by atoms with E-state index in [-0.39, 0.29) is 23.9 Å². The molecule has 1 saturated heterocycles. The lowest BCUT2D eigenvalue weighted by Crippen LogP contribution is -2.45. The number of carbonyl (C=O) groups is 1. The lowest BCUT2D eigenvalue weighted by atomic mass is 9.93. The molecule has 3 N–H and O–H groups in total. The first-order chi connectivity index (χ1) is 9.52. The van der Waals surface area contributed by atoms with Crippen molar-refractivity contribution in [2.24, 2.45) is 11.7 Å². The van der Waals surface area contributed by atoms with Gasteiger partial charge in [-0.25, -0.2) is 0 Å². The van der Waals surface area contributed by atoms with Crippen LogP contribution in [0, 0.1) is 5.92 Å². The molecular formula is C14H22ClN3OS. The van der Waals surface area contributed by atoms with E-state index in [4.69, 9.17) is 17.3 Å². The summed E-state index contributed by atoms with van der Waals surface area (Å²) >= 11 is 7.63. The number of nitrogens with one attached hydrogen (secondary N) is 1. The summed E-state index contributed by atoms with van der Waals surface area (Å²) in [5, 5.41) is 2.74. The van der Waals surface area contributed by atoms with Crippen molar-refractivity contribution < 1.29 is 4.79 Å². The van der Waals surface area contributed by atoms with Gasteiger partial charge in [-0.2, -0.15) is 0 Å². The lowest BCUT2D eigenvalue weighted by Gasteiger charge is -2.38. The van der Waals surface area contributed by atoms with Gasteiger partial charge in [-0.05, 0) is 45.0 Å². The minimum absolute atomic E-state index is 0.0428. The van der Waals surface area contributed by atoms with Crippen molar-refractivity contribution in [3.63, 3.8) is 0 Å². The van der Waals surface area contributed by atoms with Gasteiger partial charge in [-0.1, -0.05) is 11.6 Å². The van der Waals surface area contributed by atoms with E-state index in [0.717, 1.165) is 30.3 Å². The van der Waals surface area contributed by atoms with E-state index >= 15 is 0 Å². The third-order valence-electron chi connectivity index (χ3n) is 3.92. The molecule has 0 aliphatic carbocycles. The molecule has 0 radical (unpaired) electrons.